The molecule has 0 aromatic carbocycles. The molecule has 0 saturated heterocycles. The van der Waals surface area contributed by atoms with Gasteiger partial charge in [0.2, 0.25) is 0 Å². The Labute approximate surface area is 97.6 Å². The van der Waals surface area contributed by atoms with E-state index in [9.17, 15) is 4.79 Å². The lowest BCUT2D eigenvalue weighted by Crippen LogP contribution is -2.39. The van der Waals surface area contributed by atoms with E-state index in [-0.39, 0.29) is 23.4 Å². The van der Waals surface area contributed by atoms with Crippen molar-refractivity contribution in [3.05, 3.63) is 23.0 Å². The second-order valence-corrected chi connectivity index (χ2v) is 4.37. The Balaban J connectivity index is 2.17. The van der Waals surface area contributed by atoms with Gasteiger partial charge in [-0.2, -0.15) is 0 Å². The SMILES string of the molecule is Nc1cnc(Cl)cc1C(=O)NC1(CO)CC1. The summed E-state index contributed by atoms with van der Waals surface area (Å²) >= 11 is 5.69. The smallest absolute Gasteiger partial charge is 0.254 e. The van der Waals surface area contributed by atoms with Gasteiger partial charge in [-0.1, -0.05) is 11.6 Å². The van der Waals surface area contributed by atoms with Crippen LogP contribution in [0.25, 0.3) is 0 Å². The minimum absolute atomic E-state index is 0.0581. The van der Waals surface area contributed by atoms with Crippen molar-refractivity contribution < 1.29 is 9.90 Å². The average Bonchev–Trinajstić information content (AvgIpc) is 3.02. The van der Waals surface area contributed by atoms with E-state index < -0.39 is 5.54 Å². The molecule has 0 aliphatic heterocycles. The Hall–Kier alpha value is -1.33. The molecule has 4 N–H and O–H groups in total. The molecule has 0 unspecified atom stereocenters. The zero-order chi connectivity index (χ0) is 11.8. The molecule has 0 bridgehead atoms. The summed E-state index contributed by atoms with van der Waals surface area (Å²) in [5, 5.41) is 12.1. The molecule has 1 saturated carbocycles. The molecule has 5 nitrogen and oxygen atoms in total. The molecule has 0 radical (unpaired) electrons. The number of nitrogens with one attached hydrogen (secondary N) is 1. The number of carbonyl (C=O) groups excluding carboxylic acids is 1. The van der Waals surface area contributed by atoms with Crippen molar-refractivity contribution in [2.24, 2.45) is 0 Å². The van der Waals surface area contributed by atoms with Crippen molar-refractivity contribution in [2.75, 3.05) is 12.3 Å². The molecule has 1 aliphatic carbocycles. The van der Waals surface area contributed by atoms with Crippen molar-refractivity contribution in [1.82, 2.24) is 10.3 Å². The van der Waals surface area contributed by atoms with Crippen molar-refractivity contribution in [2.45, 2.75) is 18.4 Å². The molecule has 1 aromatic rings. The summed E-state index contributed by atoms with van der Waals surface area (Å²) in [5.74, 6) is -0.326. The van der Waals surface area contributed by atoms with E-state index in [0.717, 1.165) is 12.8 Å². The van der Waals surface area contributed by atoms with Gasteiger partial charge in [0.15, 0.2) is 0 Å². The molecule has 2 rings (SSSR count). The number of carbonyl (C=O) groups is 1. The standard InChI is InChI=1S/C10H12ClN3O2/c11-8-3-6(7(12)4-13-8)9(16)14-10(5-15)1-2-10/h3-4,15H,1-2,5,12H2,(H,14,16). The number of hydrogen-bond donors (Lipinski definition) is 3. The van der Waals surface area contributed by atoms with Crippen molar-refractivity contribution >= 4 is 23.2 Å². The summed E-state index contributed by atoms with van der Waals surface area (Å²) in [6.45, 7) is -0.0581. The van der Waals surface area contributed by atoms with Gasteiger partial charge in [0.05, 0.1) is 29.6 Å². The first-order chi connectivity index (χ1) is 7.56. The summed E-state index contributed by atoms with van der Waals surface area (Å²) in [6, 6.07) is 1.42. The molecule has 1 aliphatic rings. The number of nitrogens with two attached hydrogens (primary N) is 1. The number of pyridine rings is 1. The third kappa shape index (κ3) is 2.10. The van der Waals surface area contributed by atoms with Gasteiger partial charge in [-0.25, -0.2) is 4.98 Å². The molecule has 1 fully saturated rings. The van der Waals surface area contributed by atoms with Crippen LogP contribution in [-0.4, -0.2) is 28.1 Å². The Morgan fingerprint density at radius 2 is 2.38 bits per heavy atom. The van der Waals surface area contributed by atoms with Crippen LogP contribution >= 0.6 is 11.6 Å². The Kier molecular flexibility index (Phi) is 2.73. The fraction of sp³-hybridized carbons (Fsp3) is 0.400. The van der Waals surface area contributed by atoms with Crippen molar-refractivity contribution in [3.63, 3.8) is 0 Å². The number of nitrogen functional groups attached to an aromatic ring is 1. The van der Waals surface area contributed by atoms with E-state index in [4.69, 9.17) is 22.4 Å². The van der Waals surface area contributed by atoms with Crippen LogP contribution in [0.3, 0.4) is 0 Å². The first-order valence-corrected chi connectivity index (χ1v) is 5.28. The van der Waals surface area contributed by atoms with Crippen LogP contribution in [-0.2, 0) is 0 Å². The van der Waals surface area contributed by atoms with Crippen molar-refractivity contribution in [3.8, 4) is 0 Å². The van der Waals surface area contributed by atoms with Gasteiger partial charge in [0.25, 0.3) is 5.91 Å². The van der Waals surface area contributed by atoms with Crippen LogP contribution in [0.4, 0.5) is 5.69 Å². The molecule has 86 valence electrons. The number of nitrogens with zero attached hydrogens (tertiary/aromatic N) is 1. The third-order valence-corrected chi connectivity index (χ3v) is 2.89. The van der Waals surface area contributed by atoms with E-state index in [1.165, 1.54) is 12.3 Å². The second kappa shape index (κ2) is 3.92. The maximum absolute atomic E-state index is 11.8. The molecular weight excluding hydrogens is 230 g/mol. The minimum Gasteiger partial charge on any atom is -0.397 e. The summed E-state index contributed by atoms with van der Waals surface area (Å²) in [7, 11) is 0. The number of amides is 1. The maximum Gasteiger partial charge on any atom is 0.254 e. The number of anilines is 1. The Morgan fingerprint density at radius 1 is 1.69 bits per heavy atom. The number of rotatable bonds is 3. The second-order valence-electron chi connectivity index (χ2n) is 3.99. The minimum atomic E-state index is -0.459. The lowest BCUT2D eigenvalue weighted by molar-refractivity contribution is 0.0907. The molecule has 6 heteroatoms. The van der Waals surface area contributed by atoms with Gasteiger partial charge in [0, 0.05) is 0 Å². The van der Waals surface area contributed by atoms with E-state index in [1.807, 2.05) is 0 Å². The number of halogens is 1. The fourth-order valence-electron chi connectivity index (χ4n) is 1.42. The van der Waals surface area contributed by atoms with Crippen LogP contribution < -0.4 is 11.1 Å². The highest BCUT2D eigenvalue weighted by Gasteiger charge is 2.43. The highest BCUT2D eigenvalue weighted by atomic mass is 35.5. The molecule has 0 atom stereocenters. The summed E-state index contributed by atoms with van der Waals surface area (Å²) in [4.78, 5) is 15.6. The normalized spacial score (nSPS) is 16.9. The highest BCUT2D eigenvalue weighted by Crippen LogP contribution is 2.35. The molecule has 16 heavy (non-hydrogen) atoms. The largest absolute Gasteiger partial charge is 0.397 e. The van der Waals surface area contributed by atoms with Crippen LogP contribution in [0.5, 0.6) is 0 Å². The number of hydrogen-bond acceptors (Lipinski definition) is 4. The third-order valence-electron chi connectivity index (χ3n) is 2.68. The monoisotopic (exact) mass is 241 g/mol. The van der Waals surface area contributed by atoms with Crippen LogP contribution in [0.15, 0.2) is 12.3 Å². The fourth-order valence-corrected chi connectivity index (χ4v) is 1.58. The quantitative estimate of drug-likeness (QED) is 0.675. The van der Waals surface area contributed by atoms with Crippen LogP contribution in [0, 0.1) is 0 Å². The molecule has 0 spiro atoms. The van der Waals surface area contributed by atoms with Gasteiger partial charge in [0.1, 0.15) is 5.15 Å². The maximum atomic E-state index is 11.8. The summed E-state index contributed by atoms with van der Waals surface area (Å²) in [6.07, 6.45) is 2.91. The van der Waals surface area contributed by atoms with E-state index in [1.54, 1.807) is 0 Å². The molecular formula is C10H12ClN3O2. The van der Waals surface area contributed by atoms with Gasteiger partial charge < -0.3 is 16.2 Å². The van der Waals surface area contributed by atoms with Crippen LogP contribution in [0.2, 0.25) is 5.15 Å². The van der Waals surface area contributed by atoms with Gasteiger partial charge in [-0.15, -0.1) is 0 Å². The first-order valence-electron chi connectivity index (χ1n) is 4.91. The summed E-state index contributed by atoms with van der Waals surface area (Å²) in [5.41, 5.74) is 5.73. The Morgan fingerprint density at radius 3 is 2.94 bits per heavy atom. The van der Waals surface area contributed by atoms with Gasteiger partial charge in [-0.05, 0) is 18.9 Å². The predicted octanol–water partition coefficient (Wildman–Crippen LogP) is 0.572. The van der Waals surface area contributed by atoms with E-state index >= 15 is 0 Å². The van der Waals surface area contributed by atoms with Crippen molar-refractivity contribution in [1.29, 1.82) is 0 Å². The lowest BCUT2D eigenvalue weighted by Gasteiger charge is -2.15. The van der Waals surface area contributed by atoms with Gasteiger partial charge >= 0.3 is 0 Å². The first kappa shape index (κ1) is 11.2. The molecule has 1 heterocycles. The number of aromatic nitrogens is 1. The molecule has 1 amide bonds. The average molecular weight is 242 g/mol. The lowest BCUT2D eigenvalue weighted by atomic mass is 10.2. The predicted molar refractivity (Wildman–Crippen MR) is 60.2 cm³/mol. The number of aliphatic hydroxyl groups excluding tert-OH is 1. The zero-order valence-corrected chi connectivity index (χ0v) is 9.29. The van der Waals surface area contributed by atoms with E-state index in [0.29, 0.717) is 5.56 Å². The zero-order valence-electron chi connectivity index (χ0n) is 8.53. The highest BCUT2D eigenvalue weighted by molar-refractivity contribution is 6.29. The Bertz CT molecular complexity index is 432. The van der Waals surface area contributed by atoms with E-state index in [2.05, 4.69) is 10.3 Å². The number of aliphatic hydroxyl groups is 1. The van der Waals surface area contributed by atoms with Gasteiger partial charge in [-0.3, -0.25) is 4.79 Å². The topological polar surface area (TPSA) is 88.2 Å². The van der Waals surface area contributed by atoms with Crippen LogP contribution in [0.1, 0.15) is 23.2 Å². The summed E-state index contributed by atoms with van der Waals surface area (Å²) < 4.78 is 0. The molecule has 1 aromatic heterocycles.